The molecule has 7 heteroatoms. The van der Waals surface area contributed by atoms with Crippen LogP contribution in [0.15, 0.2) is 12.2 Å². The molecule has 6 aliphatic carbocycles. The van der Waals surface area contributed by atoms with Crippen LogP contribution in [-0.4, -0.2) is 48.6 Å². The molecule has 0 unspecified atom stereocenters. The van der Waals surface area contributed by atoms with Gasteiger partial charge in [-0.1, -0.05) is 12.2 Å². The van der Waals surface area contributed by atoms with Gasteiger partial charge in [0.15, 0.2) is 0 Å². The largest absolute Gasteiger partial charge is 0.468 e. The van der Waals surface area contributed by atoms with Gasteiger partial charge in [0.2, 0.25) is 0 Å². The Hall–Kier alpha value is -1.47. The molecule has 0 aromatic carbocycles. The van der Waals surface area contributed by atoms with E-state index < -0.39 is 0 Å². The van der Waals surface area contributed by atoms with Gasteiger partial charge in [-0.15, -0.1) is 0 Å². The third-order valence-electron chi connectivity index (χ3n) is 9.07. The van der Waals surface area contributed by atoms with Crippen molar-refractivity contribution >= 4 is 12.9 Å². The van der Waals surface area contributed by atoms with Crippen molar-refractivity contribution in [3.05, 3.63) is 12.2 Å². The van der Waals surface area contributed by atoms with Crippen molar-refractivity contribution in [3.8, 4) is 0 Å². The number of hydrogen-bond acceptors (Lipinski definition) is 6. The molecule has 10 atom stereocenters. The van der Waals surface area contributed by atoms with Crippen LogP contribution in [0, 0.1) is 47.3 Å². The zero-order valence-electron chi connectivity index (χ0n) is 18.8. The summed E-state index contributed by atoms with van der Waals surface area (Å²) in [4.78, 5) is 20.3. The summed E-state index contributed by atoms with van der Waals surface area (Å²) >= 11 is 0. The van der Waals surface area contributed by atoms with Crippen LogP contribution in [0.25, 0.3) is 0 Å². The number of fused-ring (bicyclic) bond motifs is 6. The number of aliphatic hydroxyl groups is 2. The molecule has 6 aliphatic rings. The Morgan fingerprint density at radius 1 is 0.812 bits per heavy atom. The van der Waals surface area contributed by atoms with Crippen molar-refractivity contribution in [2.24, 2.45) is 47.3 Å². The van der Waals surface area contributed by atoms with Gasteiger partial charge in [0, 0.05) is 18.4 Å². The number of halogens is 1. The Morgan fingerprint density at radius 2 is 1.47 bits per heavy atom. The van der Waals surface area contributed by atoms with E-state index in [0.717, 1.165) is 37.5 Å². The molecule has 0 spiro atoms. The number of aliphatic hydroxyl groups excluding tert-OH is 2. The molecule has 2 N–H and O–H groups in total. The molecule has 0 aromatic heterocycles. The minimum atomic E-state index is -0.101. The lowest BCUT2D eigenvalue weighted by atomic mass is 9.97. The second kappa shape index (κ2) is 11.6. The van der Waals surface area contributed by atoms with Crippen LogP contribution >= 0.6 is 0 Å². The number of ether oxygens (including phenoxy) is 2. The average molecular weight is 455 g/mol. The van der Waals surface area contributed by atoms with Crippen LogP contribution in [0.5, 0.6) is 0 Å². The van der Waals surface area contributed by atoms with Crippen molar-refractivity contribution in [2.45, 2.75) is 70.0 Å². The molecule has 32 heavy (non-hydrogen) atoms. The van der Waals surface area contributed by atoms with E-state index in [-0.39, 0.29) is 23.5 Å². The predicted octanol–water partition coefficient (Wildman–Crippen LogP) is 3.26. The Bertz CT molecular complexity index is 630. The van der Waals surface area contributed by atoms with E-state index in [9.17, 15) is 14.7 Å². The summed E-state index contributed by atoms with van der Waals surface area (Å²) in [5.41, 5.74) is 0. The van der Waals surface area contributed by atoms with E-state index in [4.69, 9.17) is 14.6 Å². The van der Waals surface area contributed by atoms with Crippen molar-refractivity contribution in [1.29, 1.82) is 0 Å². The van der Waals surface area contributed by atoms with Gasteiger partial charge in [-0.25, -0.2) is 0 Å². The summed E-state index contributed by atoms with van der Waals surface area (Å²) in [6, 6.07) is 0. The summed E-state index contributed by atoms with van der Waals surface area (Å²) in [5.74, 6) is 4.85. The second-order valence-corrected chi connectivity index (χ2v) is 10.5. The highest BCUT2D eigenvalue weighted by atomic mass is 19.0. The van der Waals surface area contributed by atoms with Gasteiger partial charge >= 0.3 is 0 Å². The third kappa shape index (κ3) is 5.36. The van der Waals surface area contributed by atoms with E-state index in [1.807, 2.05) is 0 Å². The first kappa shape index (κ1) is 25.2. The first-order valence-corrected chi connectivity index (χ1v) is 12.3. The zero-order chi connectivity index (χ0) is 21.8. The lowest BCUT2D eigenvalue weighted by Crippen LogP contribution is -2.22. The molecule has 5 saturated carbocycles. The second-order valence-electron chi connectivity index (χ2n) is 10.5. The fourth-order valence-electron chi connectivity index (χ4n) is 7.49. The lowest BCUT2D eigenvalue weighted by Gasteiger charge is -2.19. The summed E-state index contributed by atoms with van der Waals surface area (Å²) in [7, 11) is 0. The first-order valence-electron chi connectivity index (χ1n) is 12.3. The van der Waals surface area contributed by atoms with Gasteiger partial charge in [0.25, 0.3) is 12.9 Å². The van der Waals surface area contributed by atoms with Crippen LogP contribution in [0.3, 0.4) is 0 Å². The number of carbonyl (C=O) groups is 2. The summed E-state index contributed by atoms with van der Waals surface area (Å²) < 4.78 is 9.82. The molecular formula is C25H39FO6. The molecule has 5 fully saturated rings. The number of carbonyl (C=O) groups excluding carboxylic acids is 2. The van der Waals surface area contributed by atoms with Gasteiger partial charge in [-0.05, 0) is 93.3 Å². The fraction of sp³-hybridized carbons (Fsp3) is 0.840. The smallest absolute Gasteiger partial charge is 0.293 e. The molecule has 0 aromatic rings. The minimum absolute atomic E-state index is 0. The maximum absolute atomic E-state index is 10.2. The lowest BCUT2D eigenvalue weighted by molar-refractivity contribution is -0.137. The molecule has 0 heterocycles. The molecule has 0 aliphatic heterocycles. The topological polar surface area (TPSA) is 93.1 Å². The minimum Gasteiger partial charge on any atom is -0.468 e. The highest BCUT2D eigenvalue weighted by Gasteiger charge is 2.49. The Labute approximate surface area is 190 Å². The molecule has 6 bridgehead atoms. The van der Waals surface area contributed by atoms with Crippen molar-refractivity contribution in [2.75, 3.05) is 13.2 Å². The first-order chi connectivity index (χ1) is 15.1. The van der Waals surface area contributed by atoms with Crippen molar-refractivity contribution in [3.63, 3.8) is 0 Å². The third-order valence-corrected chi connectivity index (χ3v) is 9.07. The number of hydrogen-bond donors (Lipinski definition) is 2. The van der Waals surface area contributed by atoms with Crippen LogP contribution in [0.1, 0.15) is 57.8 Å². The van der Waals surface area contributed by atoms with Crippen LogP contribution in [0.2, 0.25) is 0 Å². The Morgan fingerprint density at radius 3 is 1.88 bits per heavy atom. The van der Waals surface area contributed by atoms with Crippen LogP contribution in [0.4, 0.5) is 4.70 Å². The molecule has 6 rings (SSSR count). The summed E-state index contributed by atoms with van der Waals surface area (Å²) in [5, 5.41) is 18.4. The molecule has 182 valence electrons. The molecule has 0 radical (unpaired) electrons. The molecule has 6 nitrogen and oxygen atoms in total. The highest BCUT2D eigenvalue weighted by Crippen LogP contribution is 2.50. The Balaban J connectivity index is 0.000000141. The fourth-order valence-corrected chi connectivity index (χ4v) is 7.49. The van der Waals surface area contributed by atoms with Crippen LogP contribution < -0.4 is 0 Å². The number of rotatable bonds is 6. The molecular weight excluding hydrogens is 415 g/mol. The van der Waals surface area contributed by atoms with E-state index in [1.165, 1.54) is 32.1 Å². The number of allylic oxidation sites excluding steroid dienone is 2. The maximum Gasteiger partial charge on any atom is 0.293 e. The van der Waals surface area contributed by atoms with E-state index in [2.05, 4.69) is 12.2 Å². The SMILES string of the molecule is C1=C[C@H]2CC[C@@H]1C2.F.O=COC[C@H]1[C@@H]2CC[C@H]1[C@H](OC=O)C2.OC[C@H]1[C@@H]2CC[C@H]1[C@H](O)C2. The maximum atomic E-state index is 10.2. The van der Waals surface area contributed by atoms with Crippen molar-refractivity contribution < 1.29 is 34.0 Å². The monoisotopic (exact) mass is 454 g/mol. The quantitative estimate of drug-likeness (QED) is 0.473. The predicted molar refractivity (Wildman–Crippen MR) is 117 cm³/mol. The zero-order valence-corrected chi connectivity index (χ0v) is 18.8. The van der Waals surface area contributed by atoms with Gasteiger partial charge < -0.3 is 19.7 Å². The van der Waals surface area contributed by atoms with E-state index in [1.54, 1.807) is 0 Å². The normalized spacial score (nSPS) is 43.6. The molecule has 0 amide bonds. The Kier molecular flexibility index (Phi) is 9.12. The van der Waals surface area contributed by atoms with Crippen molar-refractivity contribution in [1.82, 2.24) is 0 Å². The summed E-state index contributed by atoms with van der Waals surface area (Å²) in [6.07, 6.45) is 15.7. The standard InChI is InChI=1S/C10H14O4.C8H14O2.C7H10.FH/c11-5-13-4-9-7-1-2-8(9)10(3-7)14-6-12;9-4-7-5-1-2-6(7)8(10)3-5;1-2-7-4-3-6(1)5-7;/h5-10H,1-4H2;5-10H,1-4H2;1-2,6-7H,3-5H2;1H/t7-,8-,9+,10-;5-,6-,7+,8-;6-,7+;/m11../s1. The average Bonchev–Trinajstić information content (AvgIpc) is 3.62. The van der Waals surface area contributed by atoms with Gasteiger partial charge in [-0.3, -0.25) is 14.3 Å². The highest BCUT2D eigenvalue weighted by molar-refractivity contribution is 5.38. The van der Waals surface area contributed by atoms with Gasteiger partial charge in [-0.2, -0.15) is 0 Å². The van der Waals surface area contributed by atoms with E-state index >= 15 is 0 Å². The molecule has 0 saturated heterocycles. The van der Waals surface area contributed by atoms with Crippen LogP contribution in [-0.2, 0) is 19.1 Å². The van der Waals surface area contributed by atoms with Gasteiger partial charge in [0.05, 0.1) is 12.7 Å². The van der Waals surface area contributed by atoms with E-state index in [0.29, 0.717) is 55.1 Å². The van der Waals surface area contributed by atoms with Gasteiger partial charge in [0.1, 0.15) is 6.10 Å². The summed E-state index contributed by atoms with van der Waals surface area (Å²) in [6.45, 7) is 1.79.